The second kappa shape index (κ2) is 6.83. The first kappa shape index (κ1) is 15.0. The van der Waals surface area contributed by atoms with Crippen LogP contribution in [-0.2, 0) is 13.0 Å². The fourth-order valence-corrected chi connectivity index (χ4v) is 1.96. The predicted molar refractivity (Wildman–Crippen MR) is 80.7 cm³/mol. The van der Waals surface area contributed by atoms with Gasteiger partial charge in [-0.15, -0.1) is 0 Å². The molecule has 0 fully saturated rings. The van der Waals surface area contributed by atoms with Crippen LogP contribution in [-0.4, -0.2) is 17.9 Å². The van der Waals surface area contributed by atoms with Crippen LogP contribution in [0.25, 0.3) is 0 Å². The van der Waals surface area contributed by atoms with E-state index < -0.39 is 0 Å². The highest BCUT2D eigenvalue weighted by Crippen LogP contribution is 2.11. The smallest absolute Gasteiger partial charge is 0.251 e. The molecule has 4 nitrogen and oxygen atoms in total. The summed E-state index contributed by atoms with van der Waals surface area (Å²) in [7, 11) is 1.76. The molecule has 2 aromatic rings. The maximum atomic E-state index is 13.1. The minimum atomic E-state index is -0.309. The third kappa shape index (κ3) is 4.02. The molecule has 0 aliphatic heterocycles. The lowest BCUT2D eigenvalue weighted by atomic mass is 10.1. The Bertz CT molecular complexity index is 621. The number of aryl methyl sites for hydroxylation is 1. The van der Waals surface area contributed by atoms with Crippen molar-refractivity contribution < 1.29 is 9.18 Å². The van der Waals surface area contributed by atoms with Crippen LogP contribution < -0.4 is 10.6 Å². The molecular formula is C16H18FN3O. The summed E-state index contributed by atoms with van der Waals surface area (Å²) in [5.74, 6) is 0.148. The van der Waals surface area contributed by atoms with Gasteiger partial charge in [0.15, 0.2) is 0 Å². The number of hydrogen-bond donors (Lipinski definition) is 2. The maximum absolute atomic E-state index is 13.1. The highest BCUT2D eigenvalue weighted by molar-refractivity contribution is 5.94. The number of carbonyl (C=O) groups excluding carboxylic acids is 1. The van der Waals surface area contributed by atoms with Gasteiger partial charge in [0.05, 0.1) is 0 Å². The van der Waals surface area contributed by atoms with Crippen molar-refractivity contribution >= 4 is 11.7 Å². The third-order valence-electron chi connectivity index (χ3n) is 3.10. The highest BCUT2D eigenvalue weighted by Gasteiger charge is 2.09. The molecule has 0 unspecified atom stereocenters. The molecular weight excluding hydrogens is 269 g/mol. The molecule has 1 aromatic heterocycles. The summed E-state index contributed by atoms with van der Waals surface area (Å²) in [5.41, 5.74) is 2.11. The van der Waals surface area contributed by atoms with Gasteiger partial charge < -0.3 is 10.6 Å². The second-order valence-electron chi connectivity index (χ2n) is 4.65. The van der Waals surface area contributed by atoms with E-state index in [0.717, 1.165) is 17.7 Å². The van der Waals surface area contributed by atoms with Gasteiger partial charge in [-0.2, -0.15) is 0 Å². The van der Waals surface area contributed by atoms with E-state index in [1.165, 1.54) is 12.1 Å². The molecule has 0 aliphatic rings. The van der Waals surface area contributed by atoms with Crippen molar-refractivity contribution in [1.29, 1.82) is 0 Å². The molecule has 0 saturated heterocycles. The number of rotatable bonds is 5. The normalized spacial score (nSPS) is 10.2. The summed E-state index contributed by atoms with van der Waals surface area (Å²) in [6.07, 6.45) is 0.750. The number of nitrogens with one attached hydrogen (secondary N) is 2. The number of anilines is 1. The van der Waals surface area contributed by atoms with E-state index in [0.29, 0.717) is 11.4 Å². The number of carbonyl (C=O) groups is 1. The summed E-state index contributed by atoms with van der Waals surface area (Å²) in [6, 6.07) is 9.63. The fraction of sp³-hybridized carbons (Fsp3) is 0.250. The van der Waals surface area contributed by atoms with Crippen LogP contribution in [0, 0.1) is 5.82 Å². The standard InChI is InChI=1S/C16H18FN3O/c1-3-14-8-12(9-15(18-2)20-14)16(21)19-10-11-5-4-6-13(17)7-11/h4-9H,3,10H2,1-2H3,(H,18,20)(H,19,21). The van der Waals surface area contributed by atoms with Gasteiger partial charge >= 0.3 is 0 Å². The van der Waals surface area contributed by atoms with Gasteiger partial charge in [0.2, 0.25) is 0 Å². The van der Waals surface area contributed by atoms with Crippen LogP contribution >= 0.6 is 0 Å². The first-order valence-corrected chi connectivity index (χ1v) is 6.83. The van der Waals surface area contributed by atoms with Crippen LogP contribution in [0.5, 0.6) is 0 Å². The molecule has 0 radical (unpaired) electrons. The minimum Gasteiger partial charge on any atom is -0.373 e. The lowest BCUT2D eigenvalue weighted by Gasteiger charge is -2.09. The quantitative estimate of drug-likeness (QED) is 0.889. The molecule has 0 spiro atoms. The van der Waals surface area contributed by atoms with E-state index in [2.05, 4.69) is 15.6 Å². The SMILES string of the molecule is CCc1cc(C(=O)NCc2cccc(F)c2)cc(NC)n1. The minimum absolute atomic E-state index is 0.201. The Morgan fingerprint density at radius 2 is 2.10 bits per heavy atom. The lowest BCUT2D eigenvalue weighted by Crippen LogP contribution is -2.23. The molecule has 0 bridgehead atoms. The van der Waals surface area contributed by atoms with E-state index in [-0.39, 0.29) is 18.3 Å². The number of amides is 1. The first-order chi connectivity index (χ1) is 10.1. The number of halogens is 1. The van der Waals surface area contributed by atoms with Crippen LogP contribution in [0.2, 0.25) is 0 Å². The van der Waals surface area contributed by atoms with Crippen molar-refractivity contribution in [3.05, 3.63) is 59.0 Å². The van der Waals surface area contributed by atoms with E-state index in [1.54, 1.807) is 31.3 Å². The Balaban J connectivity index is 2.09. The number of nitrogens with zero attached hydrogens (tertiary/aromatic N) is 1. The van der Waals surface area contributed by atoms with Gasteiger partial charge in [0, 0.05) is 24.8 Å². The van der Waals surface area contributed by atoms with Gasteiger partial charge in [-0.25, -0.2) is 9.37 Å². The van der Waals surface area contributed by atoms with Crippen molar-refractivity contribution in [2.75, 3.05) is 12.4 Å². The molecule has 110 valence electrons. The summed E-state index contributed by atoms with van der Waals surface area (Å²) in [4.78, 5) is 16.5. The monoisotopic (exact) mass is 287 g/mol. The summed E-state index contributed by atoms with van der Waals surface area (Å²) in [5, 5.41) is 5.72. The van der Waals surface area contributed by atoms with Crippen LogP contribution in [0.4, 0.5) is 10.2 Å². The Morgan fingerprint density at radius 1 is 1.29 bits per heavy atom. The molecule has 1 aromatic carbocycles. The Labute approximate surface area is 123 Å². The first-order valence-electron chi connectivity index (χ1n) is 6.83. The Hall–Kier alpha value is -2.43. The van der Waals surface area contributed by atoms with Gasteiger partial charge in [0.1, 0.15) is 11.6 Å². The second-order valence-corrected chi connectivity index (χ2v) is 4.65. The van der Waals surface area contributed by atoms with E-state index >= 15 is 0 Å². The predicted octanol–water partition coefficient (Wildman–Crippen LogP) is 2.75. The number of pyridine rings is 1. The Morgan fingerprint density at radius 3 is 2.76 bits per heavy atom. The van der Waals surface area contributed by atoms with E-state index in [4.69, 9.17) is 0 Å². The average molecular weight is 287 g/mol. The molecule has 1 heterocycles. The highest BCUT2D eigenvalue weighted by atomic mass is 19.1. The van der Waals surface area contributed by atoms with Crippen molar-refractivity contribution in [3.63, 3.8) is 0 Å². The zero-order valence-electron chi connectivity index (χ0n) is 12.1. The van der Waals surface area contributed by atoms with Crippen LogP contribution in [0.1, 0.15) is 28.5 Å². The van der Waals surface area contributed by atoms with Crippen molar-refractivity contribution in [3.8, 4) is 0 Å². The third-order valence-corrected chi connectivity index (χ3v) is 3.10. The van der Waals surface area contributed by atoms with Gasteiger partial charge in [0.25, 0.3) is 5.91 Å². The molecule has 0 saturated carbocycles. The molecule has 0 aliphatic carbocycles. The average Bonchev–Trinajstić information content (AvgIpc) is 2.52. The molecule has 5 heteroatoms. The Kier molecular flexibility index (Phi) is 4.87. The molecule has 1 amide bonds. The van der Waals surface area contributed by atoms with Gasteiger partial charge in [-0.3, -0.25) is 4.79 Å². The van der Waals surface area contributed by atoms with E-state index in [1.807, 2.05) is 6.92 Å². The molecule has 2 N–H and O–H groups in total. The number of aromatic nitrogens is 1. The largest absolute Gasteiger partial charge is 0.373 e. The number of benzene rings is 1. The van der Waals surface area contributed by atoms with Gasteiger partial charge in [-0.1, -0.05) is 19.1 Å². The summed E-state index contributed by atoms with van der Waals surface area (Å²) < 4.78 is 13.1. The van der Waals surface area contributed by atoms with Crippen LogP contribution in [0.15, 0.2) is 36.4 Å². The molecule has 2 rings (SSSR count). The summed E-state index contributed by atoms with van der Waals surface area (Å²) >= 11 is 0. The van der Waals surface area contributed by atoms with Crippen molar-refractivity contribution in [2.24, 2.45) is 0 Å². The zero-order chi connectivity index (χ0) is 15.2. The topological polar surface area (TPSA) is 54.0 Å². The van der Waals surface area contributed by atoms with Gasteiger partial charge in [-0.05, 0) is 36.2 Å². The van der Waals surface area contributed by atoms with Crippen molar-refractivity contribution in [1.82, 2.24) is 10.3 Å². The molecule has 0 atom stereocenters. The maximum Gasteiger partial charge on any atom is 0.251 e. The zero-order valence-corrected chi connectivity index (χ0v) is 12.1. The number of hydrogen-bond acceptors (Lipinski definition) is 3. The van der Waals surface area contributed by atoms with Crippen LogP contribution in [0.3, 0.4) is 0 Å². The fourth-order valence-electron chi connectivity index (χ4n) is 1.96. The lowest BCUT2D eigenvalue weighted by molar-refractivity contribution is 0.0950. The van der Waals surface area contributed by atoms with E-state index in [9.17, 15) is 9.18 Å². The van der Waals surface area contributed by atoms with Crippen molar-refractivity contribution in [2.45, 2.75) is 19.9 Å². The summed E-state index contributed by atoms with van der Waals surface area (Å²) in [6.45, 7) is 2.27. The molecule has 21 heavy (non-hydrogen) atoms.